The van der Waals surface area contributed by atoms with Crippen molar-refractivity contribution >= 4 is 31.9 Å². The second-order valence-electron chi connectivity index (χ2n) is 15.8. The maximum absolute atomic E-state index is 13.2. The van der Waals surface area contributed by atoms with Gasteiger partial charge in [-0.3, -0.25) is 14.4 Å². The molecule has 15 atom stereocenters. The highest BCUT2D eigenvalue weighted by Crippen LogP contribution is 2.37. The molecular weight excluding hydrogens is 799 g/mol. The van der Waals surface area contributed by atoms with Gasteiger partial charge in [-0.25, -0.2) is 4.79 Å². The van der Waals surface area contributed by atoms with Crippen LogP contribution in [0.3, 0.4) is 0 Å². The first kappa shape index (κ1) is 48.5. The third-order valence-electron chi connectivity index (χ3n) is 10.0. The highest BCUT2D eigenvalue weighted by Gasteiger charge is 2.58. The lowest BCUT2D eigenvalue weighted by Gasteiger charge is -2.51. The summed E-state index contributed by atoms with van der Waals surface area (Å²) in [6, 6.07) is 8.90. The lowest BCUT2D eigenvalue weighted by Crippen LogP contribution is -2.69. The SMILES string of the molecule is COC(=O)[C@H]1O[C@@H](O[C@H]2[C@@H](O[C@H]3O[C@H](CO)[C@H](O)[C@H](OC)[C@H]3NC(C)=O)[C@H](OCc3ccccc3)[C@H](OCC[Si](C)(C)C)O[C@H]2C)[C@H](OC(C)=O)[C@@H](OC(C)=O)[C@@H]1OC. The molecule has 4 rings (SSSR count). The zero-order valence-corrected chi connectivity index (χ0v) is 36.3. The van der Waals surface area contributed by atoms with Crippen molar-refractivity contribution < 1.29 is 86.2 Å². The average molecular weight is 860 g/mol. The van der Waals surface area contributed by atoms with Crippen LogP contribution < -0.4 is 5.32 Å². The van der Waals surface area contributed by atoms with Gasteiger partial charge in [0.1, 0.15) is 48.8 Å². The fraction of sp³-hybridized carbons (Fsp3) is 0.744. The Labute approximate surface area is 345 Å². The number of amides is 1. The van der Waals surface area contributed by atoms with Crippen molar-refractivity contribution in [2.75, 3.05) is 34.5 Å². The van der Waals surface area contributed by atoms with Gasteiger partial charge in [-0.2, -0.15) is 0 Å². The van der Waals surface area contributed by atoms with Crippen LogP contribution in [-0.4, -0.2) is 169 Å². The normalized spacial score (nSPS) is 35.0. The Morgan fingerprint density at radius 1 is 0.746 bits per heavy atom. The molecule has 334 valence electrons. The molecule has 19 nitrogen and oxygen atoms in total. The molecule has 0 aliphatic carbocycles. The summed E-state index contributed by atoms with van der Waals surface area (Å²) in [6.07, 6.45) is -18.3. The minimum absolute atomic E-state index is 0.0352. The molecule has 3 N–H and O–H groups in total. The second kappa shape index (κ2) is 22.1. The van der Waals surface area contributed by atoms with Crippen molar-refractivity contribution in [3.8, 4) is 0 Å². The molecule has 3 aliphatic heterocycles. The van der Waals surface area contributed by atoms with E-state index in [0.717, 1.165) is 32.6 Å². The molecular formula is C39H61NO18Si. The summed E-state index contributed by atoms with van der Waals surface area (Å²) in [6.45, 7) is 11.5. The maximum atomic E-state index is 13.2. The Hall–Kier alpha value is -3.12. The standard InChI is InChI=1S/C39H61NO18Si/c1-20-28(56-39-35(54-23(4)44)32(53-22(3)43)30(48-6)33(58-39)36(46)49-7)31(57-37-26(40-21(2)42)29(47-5)27(45)25(18-41)55-37)34(51-19-24-14-12-11-13-15-24)38(52-20)50-16-17-59(8,9)10/h11-15,20,25-35,37-39,41,45H,16-19H2,1-10H3,(H,40,42)/t20-,25+,26+,27-,28+,29+,30-,31+,32-,33-,34-,35+,37+,38+,39+/m0/s1. The second-order valence-corrected chi connectivity index (χ2v) is 21.4. The fourth-order valence-corrected chi connectivity index (χ4v) is 7.90. The molecule has 3 fully saturated rings. The summed E-state index contributed by atoms with van der Waals surface area (Å²) in [7, 11) is 2.10. The molecule has 0 radical (unpaired) electrons. The molecule has 0 saturated carbocycles. The van der Waals surface area contributed by atoms with Crippen LogP contribution in [0.25, 0.3) is 0 Å². The van der Waals surface area contributed by atoms with Crippen LogP contribution in [-0.2, 0) is 82.6 Å². The molecule has 0 spiro atoms. The lowest BCUT2D eigenvalue weighted by molar-refractivity contribution is -0.380. The summed E-state index contributed by atoms with van der Waals surface area (Å²) in [5.74, 6) is -2.99. The summed E-state index contributed by atoms with van der Waals surface area (Å²) >= 11 is 0. The minimum Gasteiger partial charge on any atom is -0.467 e. The molecule has 1 amide bonds. The Balaban J connectivity index is 1.86. The molecule has 59 heavy (non-hydrogen) atoms. The van der Waals surface area contributed by atoms with Crippen LogP contribution >= 0.6 is 0 Å². The first-order chi connectivity index (χ1) is 27.9. The molecule has 3 heterocycles. The number of methoxy groups -OCH3 is 3. The number of aliphatic hydroxyl groups excluding tert-OH is 2. The molecule has 1 aromatic carbocycles. The third kappa shape index (κ3) is 12.9. The van der Waals surface area contributed by atoms with E-state index in [1.54, 1.807) is 6.92 Å². The highest BCUT2D eigenvalue weighted by molar-refractivity contribution is 6.76. The summed E-state index contributed by atoms with van der Waals surface area (Å²) in [5, 5.41) is 24.1. The van der Waals surface area contributed by atoms with E-state index in [0.29, 0.717) is 6.61 Å². The summed E-state index contributed by atoms with van der Waals surface area (Å²) in [5.41, 5.74) is 0.789. The number of hydrogen-bond donors (Lipinski definition) is 3. The Morgan fingerprint density at radius 2 is 1.37 bits per heavy atom. The van der Waals surface area contributed by atoms with Crippen LogP contribution in [0.5, 0.6) is 0 Å². The minimum atomic E-state index is -1.67. The maximum Gasteiger partial charge on any atom is 0.338 e. The topological polar surface area (TPSA) is 232 Å². The third-order valence-corrected chi connectivity index (χ3v) is 11.7. The number of ether oxygens (including phenoxy) is 12. The molecule has 3 saturated heterocycles. The smallest absolute Gasteiger partial charge is 0.338 e. The number of esters is 3. The molecule has 1 aromatic rings. The van der Waals surface area contributed by atoms with E-state index >= 15 is 0 Å². The monoisotopic (exact) mass is 859 g/mol. The van der Waals surface area contributed by atoms with Crippen LogP contribution in [0.2, 0.25) is 25.7 Å². The van der Waals surface area contributed by atoms with E-state index in [1.165, 1.54) is 21.1 Å². The van der Waals surface area contributed by atoms with Crippen LogP contribution in [0.15, 0.2) is 30.3 Å². The number of benzene rings is 1. The van der Waals surface area contributed by atoms with Gasteiger partial charge >= 0.3 is 17.9 Å². The largest absolute Gasteiger partial charge is 0.467 e. The van der Waals surface area contributed by atoms with Crippen molar-refractivity contribution in [2.24, 2.45) is 0 Å². The number of carbonyl (C=O) groups excluding carboxylic acids is 4. The van der Waals surface area contributed by atoms with Crippen molar-refractivity contribution in [1.29, 1.82) is 0 Å². The quantitative estimate of drug-likeness (QED) is 0.105. The number of hydrogen-bond acceptors (Lipinski definition) is 18. The molecule has 0 bridgehead atoms. The van der Waals surface area contributed by atoms with Crippen LogP contribution in [0, 0.1) is 0 Å². The van der Waals surface area contributed by atoms with E-state index in [4.69, 9.17) is 56.8 Å². The average Bonchev–Trinajstić information content (AvgIpc) is 3.16. The Kier molecular flexibility index (Phi) is 18.2. The predicted molar refractivity (Wildman–Crippen MR) is 206 cm³/mol. The van der Waals surface area contributed by atoms with Crippen molar-refractivity contribution in [3.63, 3.8) is 0 Å². The van der Waals surface area contributed by atoms with E-state index in [1.807, 2.05) is 30.3 Å². The number of rotatable bonds is 18. The first-order valence-corrected chi connectivity index (χ1v) is 23.2. The van der Waals surface area contributed by atoms with Gasteiger partial charge in [0.2, 0.25) is 5.91 Å². The van der Waals surface area contributed by atoms with Gasteiger partial charge in [0.15, 0.2) is 37.2 Å². The number of carbonyl (C=O) groups is 4. The first-order valence-electron chi connectivity index (χ1n) is 19.5. The fourth-order valence-electron chi connectivity index (χ4n) is 7.17. The van der Waals surface area contributed by atoms with Gasteiger partial charge in [0.05, 0.1) is 26.4 Å². The Morgan fingerprint density at radius 3 is 1.93 bits per heavy atom. The van der Waals surface area contributed by atoms with E-state index in [9.17, 15) is 29.4 Å². The van der Waals surface area contributed by atoms with Gasteiger partial charge < -0.3 is 72.4 Å². The van der Waals surface area contributed by atoms with Crippen LogP contribution in [0.4, 0.5) is 0 Å². The zero-order valence-electron chi connectivity index (χ0n) is 35.3. The zero-order chi connectivity index (χ0) is 43.6. The van der Waals surface area contributed by atoms with Gasteiger partial charge in [-0.1, -0.05) is 50.0 Å². The number of nitrogens with one attached hydrogen (secondary N) is 1. The molecule has 3 aliphatic rings. The highest BCUT2D eigenvalue weighted by atomic mass is 28.3. The van der Waals surface area contributed by atoms with E-state index in [-0.39, 0.29) is 6.61 Å². The van der Waals surface area contributed by atoms with Crippen molar-refractivity contribution in [1.82, 2.24) is 5.32 Å². The van der Waals surface area contributed by atoms with Gasteiger partial charge in [0, 0.05) is 49.7 Å². The number of aliphatic hydroxyl groups is 2. The predicted octanol–water partition coefficient (Wildman–Crippen LogP) is 0.816. The van der Waals surface area contributed by atoms with Gasteiger partial charge in [-0.05, 0) is 18.5 Å². The van der Waals surface area contributed by atoms with E-state index < -0.39 is 131 Å². The summed E-state index contributed by atoms with van der Waals surface area (Å²) in [4.78, 5) is 50.8. The molecule has 20 heteroatoms. The lowest BCUT2D eigenvalue weighted by atomic mass is 9.94. The summed E-state index contributed by atoms with van der Waals surface area (Å²) < 4.78 is 72.7. The van der Waals surface area contributed by atoms with E-state index in [2.05, 4.69) is 25.0 Å². The van der Waals surface area contributed by atoms with Crippen molar-refractivity contribution in [2.45, 2.75) is 152 Å². The van der Waals surface area contributed by atoms with Crippen LogP contribution in [0.1, 0.15) is 33.3 Å². The van der Waals surface area contributed by atoms with Gasteiger partial charge in [0.25, 0.3) is 0 Å². The molecule has 0 aromatic heterocycles. The van der Waals surface area contributed by atoms with Crippen molar-refractivity contribution in [3.05, 3.63) is 35.9 Å². The molecule has 0 unspecified atom stereocenters. The Bertz CT molecular complexity index is 1520. The van der Waals surface area contributed by atoms with Gasteiger partial charge in [-0.15, -0.1) is 0 Å².